The topological polar surface area (TPSA) is 9.23 Å². The summed E-state index contributed by atoms with van der Waals surface area (Å²) in [4.78, 5) is 0. The molecule has 1 aromatic rings. The second kappa shape index (κ2) is 4.81. The molecule has 0 unspecified atom stereocenters. The Morgan fingerprint density at radius 2 is 1.88 bits per heavy atom. The largest absolute Gasteiger partial charge is 0.486 e. The van der Waals surface area contributed by atoms with Gasteiger partial charge in [-0.25, -0.2) is 0 Å². The Balaban J connectivity index is 0.000000606. The molecule has 1 heterocycles. The van der Waals surface area contributed by atoms with Crippen molar-refractivity contribution in [3.63, 3.8) is 0 Å². The first kappa shape index (κ1) is 12.9. The predicted molar refractivity (Wildman–Crippen MR) is 61.3 cm³/mol. The molecule has 1 nitrogen and oxygen atoms in total. The van der Waals surface area contributed by atoms with Gasteiger partial charge in [0, 0.05) is 0 Å². The fraction of sp³-hybridized carbons (Fsp3) is 0.538. The highest BCUT2D eigenvalue weighted by molar-refractivity contribution is 5.48. The number of hydrogen-bond donors (Lipinski definition) is 0. The van der Waals surface area contributed by atoms with Crippen LogP contribution >= 0.6 is 0 Å². The van der Waals surface area contributed by atoms with E-state index >= 15 is 0 Å². The van der Waals surface area contributed by atoms with Crippen molar-refractivity contribution >= 4 is 0 Å². The van der Waals surface area contributed by atoms with Crippen molar-refractivity contribution in [1.29, 1.82) is 0 Å². The lowest BCUT2D eigenvalue weighted by molar-refractivity contribution is -0.0214. The number of fused-ring (bicyclic) bond motifs is 1. The predicted octanol–water partition coefficient (Wildman–Crippen LogP) is 4.32. The molecule has 0 saturated heterocycles. The number of halogens is 2. The third kappa shape index (κ3) is 2.18. The van der Waals surface area contributed by atoms with Gasteiger partial charge in [-0.1, -0.05) is 39.8 Å². The third-order valence-electron chi connectivity index (χ3n) is 2.46. The smallest absolute Gasteiger partial charge is 0.310 e. The summed E-state index contributed by atoms with van der Waals surface area (Å²) in [6.07, 6.45) is 0. The van der Waals surface area contributed by atoms with E-state index in [-0.39, 0.29) is 11.5 Å². The molecular formula is C13H18F2O. The van der Waals surface area contributed by atoms with E-state index in [9.17, 15) is 8.78 Å². The Hall–Kier alpha value is -1.12. The number of ether oxygens (including phenoxy) is 1. The van der Waals surface area contributed by atoms with Gasteiger partial charge in [0.1, 0.15) is 5.75 Å². The van der Waals surface area contributed by atoms with Crippen LogP contribution in [0.2, 0.25) is 0 Å². The Kier molecular flexibility index (Phi) is 3.89. The molecule has 0 saturated carbocycles. The molecule has 0 bridgehead atoms. The van der Waals surface area contributed by atoms with Crippen LogP contribution in [0.3, 0.4) is 0 Å². The fourth-order valence-corrected chi connectivity index (χ4v) is 1.70. The van der Waals surface area contributed by atoms with E-state index < -0.39 is 12.5 Å². The van der Waals surface area contributed by atoms with Crippen molar-refractivity contribution in [2.24, 2.45) is 0 Å². The molecule has 0 radical (unpaired) electrons. The maximum absolute atomic E-state index is 13.3. The maximum Gasteiger partial charge on any atom is 0.310 e. The molecule has 90 valence electrons. The monoisotopic (exact) mass is 228 g/mol. The molecule has 1 aliphatic rings. The average Bonchev–Trinajstić information content (AvgIpc) is 2.58. The summed E-state index contributed by atoms with van der Waals surface area (Å²) in [5.41, 5.74) is 0.892. The van der Waals surface area contributed by atoms with Crippen LogP contribution in [0.15, 0.2) is 18.2 Å². The number of benzene rings is 1. The molecule has 0 N–H and O–H groups in total. The maximum atomic E-state index is 13.3. The van der Waals surface area contributed by atoms with Crippen molar-refractivity contribution in [2.45, 2.75) is 39.5 Å². The molecule has 0 spiro atoms. The van der Waals surface area contributed by atoms with E-state index in [0.29, 0.717) is 5.75 Å². The van der Waals surface area contributed by atoms with E-state index in [1.807, 2.05) is 33.8 Å². The molecule has 2 rings (SSSR count). The van der Waals surface area contributed by atoms with Gasteiger partial charge in [0.2, 0.25) is 0 Å². The van der Waals surface area contributed by atoms with Crippen LogP contribution in [0.1, 0.15) is 44.7 Å². The van der Waals surface area contributed by atoms with E-state index in [0.717, 1.165) is 5.56 Å². The van der Waals surface area contributed by atoms with Gasteiger partial charge in [0.15, 0.2) is 6.61 Å². The van der Waals surface area contributed by atoms with Gasteiger partial charge in [0.05, 0.1) is 5.56 Å². The van der Waals surface area contributed by atoms with Gasteiger partial charge in [-0.05, 0) is 17.5 Å². The zero-order chi connectivity index (χ0) is 12.3. The van der Waals surface area contributed by atoms with Crippen molar-refractivity contribution in [3.8, 4) is 5.75 Å². The molecule has 0 amide bonds. The Morgan fingerprint density at radius 1 is 1.25 bits per heavy atom. The van der Waals surface area contributed by atoms with Gasteiger partial charge in [0.25, 0.3) is 0 Å². The molecule has 0 aromatic heterocycles. The molecule has 1 aliphatic heterocycles. The Bertz CT molecular complexity index is 359. The number of para-hydroxylation sites is 1. The van der Waals surface area contributed by atoms with E-state index in [2.05, 4.69) is 0 Å². The minimum Gasteiger partial charge on any atom is -0.486 e. The highest BCUT2D eigenvalue weighted by atomic mass is 19.3. The van der Waals surface area contributed by atoms with Crippen molar-refractivity contribution < 1.29 is 13.5 Å². The van der Waals surface area contributed by atoms with Crippen molar-refractivity contribution in [2.75, 3.05) is 6.61 Å². The van der Waals surface area contributed by atoms with E-state index in [4.69, 9.17) is 4.74 Å². The minimum absolute atomic E-state index is 0.0312. The summed E-state index contributed by atoms with van der Waals surface area (Å²) in [6, 6.07) is 4.94. The summed E-state index contributed by atoms with van der Waals surface area (Å²) >= 11 is 0. The summed E-state index contributed by atoms with van der Waals surface area (Å²) in [5, 5.41) is 0. The second-order valence-corrected chi connectivity index (χ2v) is 3.87. The molecule has 0 aliphatic carbocycles. The molecule has 3 heteroatoms. The zero-order valence-corrected chi connectivity index (χ0v) is 10.2. The number of hydrogen-bond acceptors (Lipinski definition) is 1. The number of alkyl halides is 2. The van der Waals surface area contributed by atoms with Crippen LogP contribution in [0.5, 0.6) is 5.75 Å². The van der Waals surface area contributed by atoms with Gasteiger partial charge in [-0.3, -0.25) is 0 Å². The summed E-state index contributed by atoms with van der Waals surface area (Å²) < 4.78 is 31.6. The molecular weight excluding hydrogens is 210 g/mol. The van der Waals surface area contributed by atoms with Gasteiger partial charge < -0.3 is 4.74 Å². The minimum atomic E-state index is -2.82. The van der Waals surface area contributed by atoms with E-state index in [1.54, 1.807) is 6.07 Å². The molecule has 16 heavy (non-hydrogen) atoms. The van der Waals surface area contributed by atoms with Crippen molar-refractivity contribution in [1.82, 2.24) is 0 Å². The first-order valence-corrected chi connectivity index (χ1v) is 5.66. The lowest BCUT2D eigenvalue weighted by Gasteiger charge is -2.10. The van der Waals surface area contributed by atoms with Crippen LogP contribution in [-0.2, 0) is 5.92 Å². The summed E-state index contributed by atoms with van der Waals surface area (Å²) in [6.45, 7) is 7.41. The zero-order valence-electron chi connectivity index (χ0n) is 10.2. The van der Waals surface area contributed by atoms with Crippen LogP contribution in [0, 0.1) is 0 Å². The highest BCUT2D eigenvalue weighted by Crippen LogP contribution is 2.44. The lowest BCUT2D eigenvalue weighted by Crippen LogP contribution is -2.14. The fourth-order valence-electron chi connectivity index (χ4n) is 1.70. The van der Waals surface area contributed by atoms with Gasteiger partial charge in [-0.2, -0.15) is 8.78 Å². The third-order valence-corrected chi connectivity index (χ3v) is 2.46. The first-order valence-electron chi connectivity index (χ1n) is 5.66. The standard InChI is InChI=1S/C11H12F2O.C2H6/c1-7(2)8-4-3-5-9-10(8)14-6-11(9,12)13;1-2/h3-5,7H,6H2,1-2H3;1-2H3. The Morgan fingerprint density at radius 3 is 2.44 bits per heavy atom. The SMILES string of the molecule is CC.CC(C)c1cccc2c1OCC2(F)F. The Labute approximate surface area is 95.4 Å². The van der Waals surface area contributed by atoms with Crippen LogP contribution in [0.4, 0.5) is 8.78 Å². The van der Waals surface area contributed by atoms with Crippen LogP contribution in [0.25, 0.3) is 0 Å². The van der Waals surface area contributed by atoms with Gasteiger partial charge >= 0.3 is 5.92 Å². The van der Waals surface area contributed by atoms with Crippen molar-refractivity contribution in [3.05, 3.63) is 29.3 Å². The highest BCUT2D eigenvalue weighted by Gasteiger charge is 2.42. The molecule has 0 fully saturated rings. The summed E-state index contributed by atoms with van der Waals surface area (Å²) in [7, 11) is 0. The second-order valence-electron chi connectivity index (χ2n) is 3.87. The lowest BCUT2D eigenvalue weighted by atomic mass is 9.98. The van der Waals surface area contributed by atoms with Crippen LogP contribution in [-0.4, -0.2) is 6.61 Å². The average molecular weight is 228 g/mol. The quantitative estimate of drug-likeness (QED) is 0.695. The molecule has 1 aromatic carbocycles. The van der Waals surface area contributed by atoms with Crippen LogP contribution < -0.4 is 4.74 Å². The number of rotatable bonds is 1. The van der Waals surface area contributed by atoms with Gasteiger partial charge in [-0.15, -0.1) is 0 Å². The first-order chi connectivity index (χ1) is 7.52. The molecule has 0 atom stereocenters. The normalized spacial score (nSPS) is 16.2. The van der Waals surface area contributed by atoms with E-state index in [1.165, 1.54) is 6.07 Å². The summed E-state index contributed by atoms with van der Waals surface area (Å²) in [5.74, 6) is -2.23.